The maximum Gasteiger partial charge on any atom is 0.336 e. The molecule has 2 aliphatic rings. The molecule has 0 bridgehead atoms. The number of ether oxygens (including phenoxy) is 2. The maximum atomic E-state index is 11.7. The summed E-state index contributed by atoms with van der Waals surface area (Å²) in [6.07, 6.45) is 16.8. The first-order chi connectivity index (χ1) is 21.0. The molecule has 0 aromatic rings. The van der Waals surface area contributed by atoms with Crippen LogP contribution in [-0.2, 0) is 14.3 Å². The van der Waals surface area contributed by atoms with Crippen LogP contribution in [0.4, 0.5) is 0 Å². The fraction of sp³-hybridized carbons (Fsp3) is 0.914. The van der Waals surface area contributed by atoms with Crippen LogP contribution in [0.25, 0.3) is 0 Å². The largest absolute Gasteiger partial charge is 0.426 e. The fourth-order valence-electron chi connectivity index (χ4n) is 6.46. The SMILES string of the molecule is CCCCCCCCCCCC[C@H](O)[C@H](O)CC[C@H](O)[C@@H]1CC[C@@H](C[C@H](O)CCCCC[C@@H](O)CC2=C[C@](C)(O)OC2=O)O1. The highest BCUT2D eigenvalue weighted by Crippen LogP contribution is 2.29. The van der Waals surface area contributed by atoms with Crippen molar-refractivity contribution >= 4 is 5.97 Å². The third-order valence-corrected chi connectivity index (χ3v) is 9.19. The first-order valence-electron chi connectivity index (χ1n) is 17.7. The molecule has 0 spiro atoms. The van der Waals surface area contributed by atoms with Gasteiger partial charge in [-0.15, -0.1) is 0 Å². The molecular weight excluding hydrogens is 564 g/mol. The molecule has 0 amide bonds. The van der Waals surface area contributed by atoms with Gasteiger partial charge in [-0.05, 0) is 57.4 Å². The molecule has 1 saturated heterocycles. The van der Waals surface area contributed by atoms with Crippen LogP contribution in [0.3, 0.4) is 0 Å². The van der Waals surface area contributed by atoms with Crippen molar-refractivity contribution in [3.05, 3.63) is 11.6 Å². The Morgan fingerprint density at radius 1 is 0.750 bits per heavy atom. The van der Waals surface area contributed by atoms with Crippen molar-refractivity contribution in [1.29, 1.82) is 0 Å². The minimum atomic E-state index is -1.60. The Bertz CT molecular complexity index is 801. The molecular formula is C35H64O9. The van der Waals surface area contributed by atoms with Crippen molar-refractivity contribution < 1.29 is 44.9 Å². The van der Waals surface area contributed by atoms with Crippen molar-refractivity contribution in [3.8, 4) is 0 Å². The number of esters is 1. The Balaban J connectivity index is 1.47. The van der Waals surface area contributed by atoms with Gasteiger partial charge < -0.3 is 40.1 Å². The molecule has 258 valence electrons. The summed E-state index contributed by atoms with van der Waals surface area (Å²) in [5.41, 5.74) is 0.297. The minimum Gasteiger partial charge on any atom is -0.426 e. The van der Waals surface area contributed by atoms with E-state index in [1.165, 1.54) is 64.4 Å². The van der Waals surface area contributed by atoms with Crippen LogP contribution in [-0.4, -0.2) is 85.1 Å². The predicted molar refractivity (Wildman–Crippen MR) is 171 cm³/mol. The van der Waals surface area contributed by atoms with Gasteiger partial charge in [-0.1, -0.05) is 90.4 Å². The summed E-state index contributed by atoms with van der Waals surface area (Å²) in [6.45, 7) is 3.62. The first-order valence-corrected chi connectivity index (χ1v) is 17.7. The average molecular weight is 629 g/mol. The molecule has 8 atom stereocenters. The van der Waals surface area contributed by atoms with E-state index in [1.54, 1.807) is 0 Å². The molecule has 0 aliphatic carbocycles. The highest BCUT2D eigenvalue weighted by molar-refractivity contribution is 5.91. The number of carbonyl (C=O) groups excluding carboxylic acids is 1. The van der Waals surface area contributed by atoms with Crippen molar-refractivity contribution in [2.24, 2.45) is 0 Å². The Morgan fingerprint density at radius 2 is 1.30 bits per heavy atom. The van der Waals surface area contributed by atoms with Gasteiger partial charge in [0.05, 0.1) is 42.7 Å². The van der Waals surface area contributed by atoms with E-state index in [-0.39, 0.29) is 18.6 Å². The zero-order chi connectivity index (χ0) is 32.4. The van der Waals surface area contributed by atoms with Gasteiger partial charge in [0.2, 0.25) is 5.79 Å². The van der Waals surface area contributed by atoms with Gasteiger partial charge in [-0.3, -0.25) is 0 Å². The van der Waals surface area contributed by atoms with Gasteiger partial charge in [-0.25, -0.2) is 4.79 Å². The fourth-order valence-corrected chi connectivity index (χ4v) is 6.46. The van der Waals surface area contributed by atoms with Crippen LogP contribution in [0, 0.1) is 0 Å². The summed E-state index contributed by atoms with van der Waals surface area (Å²) in [5, 5.41) is 61.8. The van der Waals surface area contributed by atoms with Crippen LogP contribution in [0.2, 0.25) is 0 Å². The standard InChI is InChI=1S/C35H64O9/c1-3-4-5-6-7-8-9-10-11-15-18-30(38)31(39)20-21-32(40)33-22-19-29(43-33)24-28(37)17-14-12-13-16-27(36)23-26-25-35(2,42)44-34(26)41/h25,27-33,36-40,42H,3-24H2,1-2H3/t27-,28-,29+,30+,31-,32+,33+,35-/m1/s1. The van der Waals surface area contributed by atoms with E-state index < -0.39 is 42.3 Å². The van der Waals surface area contributed by atoms with Crippen LogP contribution >= 0.6 is 0 Å². The quantitative estimate of drug-likeness (QED) is 0.0549. The van der Waals surface area contributed by atoms with Gasteiger partial charge >= 0.3 is 5.97 Å². The molecule has 44 heavy (non-hydrogen) atoms. The molecule has 6 N–H and O–H groups in total. The summed E-state index contributed by atoms with van der Waals surface area (Å²) < 4.78 is 10.8. The van der Waals surface area contributed by atoms with Crippen molar-refractivity contribution in [2.75, 3.05) is 0 Å². The van der Waals surface area contributed by atoms with Crippen LogP contribution < -0.4 is 0 Å². The Hall–Kier alpha value is -1.07. The zero-order valence-corrected chi connectivity index (χ0v) is 27.6. The van der Waals surface area contributed by atoms with Crippen LogP contribution in [0.1, 0.15) is 155 Å². The topological polar surface area (TPSA) is 157 Å². The van der Waals surface area contributed by atoms with E-state index >= 15 is 0 Å². The predicted octanol–water partition coefficient (Wildman–Crippen LogP) is 5.35. The molecule has 9 nitrogen and oxygen atoms in total. The third-order valence-electron chi connectivity index (χ3n) is 9.19. The molecule has 2 rings (SSSR count). The number of cyclic esters (lactones) is 1. The number of unbranched alkanes of at least 4 members (excludes halogenated alkanes) is 11. The monoisotopic (exact) mass is 628 g/mol. The van der Waals surface area contributed by atoms with E-state index in [0.29, 0.717) is 50.5 Å². The number of hydrogen-bond donors (Lipinski definition) is 6. The molecule has 2 aliphatic heterocycles. The average Bonchev–Trinajstić information content (AvgIpc) is 3.54. The van der Waals surface area contributed by atoms with E-state index in [1.807, 2.05) is 0 Å². The molecule has 9 heteroatoms. The summed E-state index contributed by atoms with van der Waals surface area (Å²) >= 11 is 0. The lowest BCUT2D eigenvalue weighted by atomic mass is 9.97. The number of aliphatic hydroxyl groups is 6. The lowest BCUT2D eigenvalue weighted by Crippen LogP contribution is -2.31. The molecule has 0 unspecified atom stereocenters. The Kier molecular flexibility index (Phi) is 19.3. The van der Waals surface area contributed by atoms with Crippen molar-refractivity contribution in [1.82, 2.24) is 0 Å². The number of carbonyl (C=O) groups is 1. The molecule has 0 aromatic carbocycles. The summed E-state index contributed by atoms with van der Waals surface area (Å²) in [5.74, 6) is -2.19. The summed E-state index contributed by atoms with van der Waals surface area (Å²) in [7, 11) is 0. The molecule has 0 radical (unpaired) electrons. The van der Waals surface area contributed by atoms with Crippen molar-refractivity contribution in [2.45, 2.75) is 204 Å². The van der Waals surface area contributed by atoms with Crippen LogP contribution in [0.5, 0.6) is 0 Å². The smallest absolute Gasteiger partial charge is 0.336 e. The van der Waals surface area contributed by atoms with E-state index in [9.17, 15) is 35.4 Å². The molecule has 2 heterocycles. The van der Waals surface area contributed by atoms with Crippen molar-refractivity contribution in [3.63, 3.8) is 0 Å². The van der Waals surface area contributed by atoms with Gasteiger partial charge in [-0.2, -0.15) is 0 Å². The van der Waals surface area contributed by atoms with Crippen LogP contribution in [0.15, 0.2) is 11.6 Å². The maximum absolute atomic E-state index is 11.7. The minimum absolute atomic E-state index is 0.102. The zero-order valence-electron chi connectivity index (χ0n) is 27.6. The second-order valence-electron chi connectivity index (χ2n) is 13.6. The molecule has 0 saturated carbocycles. The summed E-state index contributed by atoms with van der Waals surface area (Å²) in [4.78, 5) is 11.7. The second kappa shape index (κ2) is 21.7. The van der Waals surface area contributed by atoms with Gasteiger partial charge in [0.25, 0.3) is 0 Å². The van der Waals surface area contributed by atoms with E-state index in [0.717, 1.165) is 38.5 Å². The third kappa shape index (κ3) is 16.5. The molecule has 0 aromatic heterocycles. The lowest BCUT2D eigenvalue weighted by Gasteiger charge is -2.23. The van der Waals surface area contributed by atoms with Gasteiger partial charge in [0, 0.05) is 18.9 Å². The highest BCUT2D eigenvalue weighted by Gasteiger charge is 2.34. The van der Waals surface area contributed by atoms with Gasteiger partial charge in [0.1, 0.15) is 0 Å². The Labute approximate surface area is 266 Å². The van der Waals surface area contributed by atoms with E-state index in [4.69, 9.17) is 9.47 Å². The van der Waals surface area contributed by atoms with E-state index in [2.05, 4.69) is 6.92 Å². The Morgan fingerprint density at radius 3 is 1.91 bits per heavy atom. The van der Waals surface area contributed by atoms with Gasteiger partial charge in [0.15, 0.2) is 0 Å². The lowest BCUT2D eigenvalue weighted by molar-refractivity contribution is -0.173. The number of rotatable bonds is 26. The first kappa shape index (κ1) is 39.1. The normalized spacial score (nSPS) is 25.5. The molecule has 1 fully saturated rings. The highest BCUT2D eigenvalue weighted by atomic mass is 16.7. The summed E-state index contributed by atoms with van der Waals surface area (Å²) in [6, 6.07) is 0. The number of aliphatic hydroxyl groups excluding tert-OH is 5. The number of hydrogen-bond acceptors (Lipinski definition) is 9. The second-order valence-corrected chi connectivity index (χ2v) is 13.6.